The fourth-order valence-corrected chi connectivity index (χ4v) is 4.62. The van der Waals surface area contributed by atoms with Gasteiger partial charge in [0.05, 0.1) is 11.6 Å². The fraction of sp³-hybridized carbons (Fsp3) is 0.455. The van der Waals surface area contributed by atoms with Crippen molar-refractivity contribution in [3.8, 4) is 6.07 Å². The summed E-state index contributed by atoms with van der Waals surface area (Å²) in [6.07, 6.45) is 1.14. The van der Waals surface area contributed by atoms with Crippen LogP contribution in [0.2, 0.25) is 0 Å². The van der Waals surface area contributed by atoms with Gasteiger partial charge in [-0.3, -0.25) is 14.6 Å². The summed E-state index contributed by atoms with van der Waals surface area (Å²) in [6, 6.07) is 9.65. The first-order chi connectivity index (χ1) is 13.9. The number of aromatic amines is 1. The number of anilines is 2. The number of H-pyrrole nitrogens is 1. The summed E-state index contributed by atoms with van der Waals surface area (Å²) in [5.41, 5.74) is 1.88. The molecule has 150 valence electrons. The molecule has 1 fully saturated rings. The van der Waals surface area contributed by atoms with Gasteiger partial charge in [-0.15, -0.1) is 0 Å². The standard InChI is InChI=1S/C22H25N5O2/c1-12-4-6-15(7-5-12)17-16(9-23)20(28)24-19-18(17)21(29)26-22(25-19)27-10-13(2)8-14(3)11-27/h4-7,13-14,16-17H,8,10-11H2,1-3H3,(H2,24,25,26,28,29). The Morgan fingerprint density at radius 1 is 1.14 bits per heavy atom. The van der Waals surface area contributed by atoms with E-state index in [9.17, 15) is 14.9 Å². The molecule has 7 heteroatoms. The number of hydrogen-bond acceptors (Lipinski definition) is 5. The maximum Gasteiger partial charge on any atom is 0.258 e. The van der Waals surface area contributed by atoms with E-state index in [1.54, 1.807) is 0 Å². The molecule has 2 N–H and O–H groups in total. The van der Waals surface area contributed by atoms with Gasteiger partial charge in [0.1, 0.15) is 11.7 Å². The minimum atomic E-state index is -0.978. The van der Waals surface area contributed by atoms with E-state index in [-0.39, 0.29) is 11.4 Å². The molecule has 0 aliphatic carbocycles. The van der Waals surface area contributed by atoms with Crippen LogP contribution in [0.15, 0.2) is 29.1 Å². The average Bonchev–Trinajstić information content (AvgIpc) is 2.66. The molecule has 0 spiro atoms. The zero-order valence-corrected chi connectivity index (χ0v) is 16.9. The van der Waals surface area contributed by atoms with Gasteiger partial charge in [0, 0.05) is 19.0 Å². The summed E-state index contributed by atoms with van der Waals surface area (Å²) < 4.78 is 0. The molecule has 4 rings (SSSR count). The second-order valence-electron chi connectivity index (χ2n) is 8.49. The smallest absolute Gasteiger partial charge is 0.258 e. The highest BCUT2D eigenvalue weighted by Crippen LogP contribution is 2.38. The summed E-state index contributed by atoms with van der Waals surface area (Å²) in [4.78, 5) is 35.4. The van der Waals surface area contributed by atoms with Gasteiger partial charge < -0.3 is 10.2 Å². The number of aryl methyl sites for hydroxylation is 1. The van der Waals surface area contributed by atoms with Crippen LogP contribution in [0.4, 0.5) is 11.8 Å². The molecule has 2 aliphatic rings. The molecule has 3 heterocycles. The average molecular weight is 391 g/mol. The van der Waals surface area contributed by atoms with Crippen LogP contribution in [-0.4, -0.2) is 29.0 Å². The minimum Gasteiger partial charge on any atom is -0.342 e. The first kappa shape index (κ1) is 19.2. The fourth-order valence-electron chi connectivity index (χ4n) is 4.62. The number of carbonyl (C=O) groups excluding carboxylic acids is 1. The third-order valence-electron chi connectivity index (χ3n) is 5.86. The van der Waals surface area contributed by atoms with E-state index in [4.69, 9.17) is 0 Å². The molecule has 0 radical (unpaired) electrons. The Morgan fingerprint density at radius 2 is 1.79 bits per heavy atom. The van der Waals surface area contributed by atoms with Crippen LogP contribution in [0, 0.1) is 36.0 Å². The normalized spacial score (nSPS) is 26.4. The Morgan fingerprint density at radius 3 is 2.41 bits per heavy atom. The van der Waals surface area contributed by atoms with Crippen LogP contribution in [0.1, 0.15) is 42.9 Å². The topological polar surface area (TPSA) is 102 Å². The summed E-state index contributed by atoms with van der Waals surface area (Å²) in [7, 11) is 0. The van der Waals surface area contributed by atoms with Crippen molar-refractivity contribution in [3.63, 3.8) is 0 Å². The number of nitrogens with one attached hydrogen (secondary N) is 2. The van der Waals surface area contributed by atoms with Crippen LogP contribution in [0.5, 0.6) is 0 Å². The lowest BCUT2D eigenvalue weighted by Gasteiger charge is -2.36. The molecule has 1 aromatic carbocycles. The number of aromatic nitrogens is 2. The number of benzene rings is 1. The lowest BCUT2D eigenvalue weighted by atomic mass is 9.79. The predicted octanol–water partition coefficient (Wildman–Crippen LogP) is 2.78. The number of fused-ring (bicyclic) bond motifs is 1. The Balaban J connectivity index is 1.81. The molecule has 7 nitrogen and oxygen atoms in total. The van der Waals surface area contributed by atoms with Crippen molar-refractivity contribution in [1.29, 1.82) is 5.26 Å². The first-order valence-corrected chi connectivity index (χ1v) is 10.0. The van der Waals surface area contributed by atoms with Crippen LogP contribution in [-0.2, 0) is 4.79 Å². The van der Waals surface area contributed by atoms with Crippen molar-refractivity contribution in [1.82, 2.24) is 9.97 Å². The van der Waals surface area contributed by atoms with E-state index in [1.807, 2.05) is 31.2 Å². The van der Waals surface area contributed by atoms with E-state index in [2.05, 4.69) is 40.1 Å². The number of hydrogen-bond donors (Lipinski definition) is 2. The zero-order chi connectivity index (χ0) is 20.7. The van der Waals surface area contributed by atoms with Crippen LogP contribution in [0.3, 0.4) is 0 Å². The Bertz CT molecular complexity index is 1030. The zero-order valence-electron chi connectivity index (χ0n) is 16.9. The van der Waals surface area contributed by atoms with E-state index in [1.165, 1.54) is 0 Å². The number of piperidine rings is 1. The molecule has 4 atom stereocenters. The van der Waals surface area contributed by atoms with Crippen molar-refractivity contribution in [2.75, 3.05) is 23.3 Å². The maximum absolute atomic E-state index is 13.1. The molecule has 0 bridgehead atoms. The number of nitriles is 1. The third kappa shape index (κ3) is 3.51. The van der Waals surface area contributed by atoms with E-state index in [0.29, 0.717) is 23.3 Å². The highest BCUT2D eigenvalue weighted by atomic mass is 16.2. The minimum absolute atomic E-state index is 0.261. The van der Waals surface area contributed by atoms with Crippen LogP contribution >= 0.6 is 0 Å². The Labute approximate surface area is 169 Å². The Hall–Kier alpha value is -3.14. The maximum atomic E-state index is 13.1. The third-order valence-corrected chi connectivity index (χ3v) is 5.86. The molecule has 1 saturated heterocycles. The molecular weight excluding hydrogens is 366 g/mol. The molecule has 1 amide bonds. The molecule has 4 unspecified atom stereocenters. The monoisotopic (exact) mass is 391 g/mol. The van der Waals surface area contributed by atoms with Crippen molar-refractivity contribution in [2.24, 2.45) is 17.8 Å². The highest BCUT2D eigenvalue weighted by molar-refractivity contribution is 5.97. The second kappa shape index (κ2) is 7.36. The molecular formula is C22H25N5O2. The van der Waals surface area contributed by atoms with Gasteiger partial charge in [-0.25, -0.2) is 0 Å². The summed E-state index contributed by atoms with van der Waals surface area (Å²) in [6.45, 7) is 7.95. The first-order valence-electron chi connectivity index (χ1n) is 10.0. The second-order valence-corrected chi connectivity index (χ2v) is 8.49. The summed E-state index contributed by atoms with van der Waals surface area (Å²) in [5.74, 6) is -0.309. The van der Waals surface area contributed by atoms with E-state index in [0.717, 1.165) is 30.6 Å². The Kier molecular flexibility index (Phi) is 4.87. The van der Waals surface area contributed by atoms with Crippen molar-refractivity contribution in [2.45, 2.75) is 33.1 Å². The SMILES string of the molecule is Cc1ccc(C2c3c(nc(N4CC(C)CC(C)C4)[nH]c3=O)NC(=O)C2C#N)cc1. The number of rotatable bonds is 2. The van der Waals surface area contributed by atoms with Gasteiger partial charge in [-0.05, 0) is 30.7 Å². The van der Waals surface area contributed by atoms with Crippen molar-refractivity contribution < 1.29 is 4.79 Å². The largest absolute Gasteiger partial charge is 0.342 e. The lowest BCUT2D eigenvalue weighted by Crippen LogP contribution is -2.42. The molecule has 29 heavy (non-hydrogen) atoms. The number of carbonyl (C=O) groups is 1. The van der Waals surface area contributed by atoms with Gasteiger partial charge in [-0.1, -0.05) is 43.7 Å². The molecule has 1 aromatic heterocycles. The quantitative estimate of drug-likeness (QED) is 0.820. The van der Waals surface area contributed by atoms with Crippen LogP contribution < -0.4 is 15.8 Å². The van der Waals surface area contributed by atoms with Gasteiger partial charge in [0.15, 0.2) is 0 Å². The molecule has 2 aromatic rings. The summed E-state index contributed by atoms with van der Waals surface area (Å²) in [5, 5.41) is 12.3. The van der Waals surface area contributed by atoms with Gasteiger partial charge in [0.2, 0.25) is 11.9 Å². The lowest BCUT2D eigenvalue weighted by molar-refractivity contribution is -0.119. The highest BCUT2D eigenvalue weighted by Gasteiger charge is 2.40. The molecule has 0 saturated carbocycles. The van der Waals surface area contributed by atoms with E-state index < -0.39 is 17.7 Å². The molecule has 2 aliphatic heterocycles. The van der Waals surface area contributed by atoms with E-state index >= 15 is 0 Å². The number of nitrogens with zero attached hydrogens (tertiary/aromatic N) is 3. The van der Waals surface area contributed by atoms with Crippen LogP contribution in [0.25, 0.3) is 0 Å². The van der Waals surface area contributed by atoms with Gasteiger partial charge in [0.25, 0.3) is 5.56 Å². The number of amides is 1. The predicted molar refractivity (Wildman–Crippen MR) is 111 cm³/mol. The van der Waals surface area contributed by atoms with Gasteiger partial charge >= 0.3 is 0 Å². The van der Waals surface area contributed by atoms with Crippen molar-refractivity contribution in [3.05, 3.63) is 51.3 Å². The van der Waals surface area contributed by atoms with Gasteiger partial charge in [-0.2, -0.15) is 10.2 Å². The van der Waals surface area contributed by atoms with Crippen molar-refractivity contribution >= 4 is 17.7 Å². The summed E-state index contributed by atoms with van der Waals surface area (Å²) >= 11 is 0.